The van der Waals surface area contributed by atoms with E-state index in [4.69, 9.17) is 9.47 Å². The molecule has 1 aliphatic heterocycles. The summed E-state index contributed by atoms with van der Waals surface area (Å²) in [5.74, 6) is 0.133. The Balaban J connectivity index is 1.53. The average Bonchev–Trinajstić information content (AvgIpc) is 3.35. The van der Waals surface area contributed by atoms with Crippen LogP contribution >= 0.6 is 0 Å². The number of carbonyl (C=O) groups excluding carboxylic acids is 1. The standard InChI is InChI=1S/C29H29FN4O3/c1-33-18-24(17-32-33)26-15-29(37-20-21-4-6-25(30)7-5-21)27(28(35)13-22-3-2-8-31-16-22)14-23(26)19-34-9-11-36-12-10-34/h2-8,14-18H,9-13,19-20H2,1H3. The Morgan fingerprint density at radius 1 is 1.08 bits per heavy atom. The molecule has 1 aliphatic rings. The molecule has 0 unspecified atom stereocenters. The first-order valence-electron chi connectivity index (χ1n) is 12.3. The fraction of sp³-hybridized carbons (Fsp3) is 0.276. The molecule has 1 saturated heterocycles. The number of ether oxygens (including phenoxy) is 2. The molecule has 0 bridgehead atoms. The van der Waals surface area contributed by atoms with Crippen LogP contribution < -0.4 is 4.74 Å². The number of rotatable bonds is 9. The van der Waals surface area contributed by atoms with Gasteiger partial charge in [-0.25, -0.2) is 4.39 Å². The van der Waals surface area contributed by atoms with Gasteiger partial charge in [0.2, 0.25) is 0 Å². The summed E-state index contributed by atoms with van der Waals surface area (Å²) in [5, 5.41) is 4.36. The van der Waals surface area contributed by atoms with E-state index in [0.717, 1.165) is 40.9 Å². The molecule has 7 nitrogen and oxygen atoms in total. The monoisotopic (exact) mass is 500 g/mol. The first-order chi connectivity index (χ1) is 18.0. The molecule has 5 rings (SSSR count). The molecule has 3 heterocycles. The molecule has 8 heteroatoms. The van der Waals surface area contributed by atoms with Gasteiger partial charge in [0.1, 0.15) is 18.2 Å². The molecule has 190 valence electrons. The third-order valence-electron chi connectivity index (χ3n) is 6.41. The Hall–Kier alpha value is -3.88. The predicted molar refractivity (Wildman–Crippen MR) is 138 cm³/mol. The van der Waals surface area contributed by atoms with Crippen LogP contribution in [0.3, 0.4) is 0 Å². The second-order valence-corrected chi connectivity index (χ2v) is 9.17. The fourth-order valence-electron chi connectivity index (χ4n) is 4.45. The van der Waals surface area contributed by atoms with Crippen molar-refractivity contribution in [1.29, 1.82) is 0 Å². The predicted octanol–water partition coefficient (Wildman–Crippen LogP) is 4.46. The highest BCUT2D eigenvalue weighted by Gasteiger charge is 2.21. The molecule has 37 heavy (non-hydrogen) atoms. The number of hydrogen-bond acceptors (Lipinski definition) is 6. The number of aromatic nitrogens is 3. The van der Waals surface area contributed by atoms with Gasteiger partial charge in [0.05, 0.1) is 25.0 Å². The van der Waals surface area contributed by atoms with Gasteiger partial charge in [0.15, 0.2) is 5.78 Å². The largest absolute Gasteiger partial charge is 0.488 e. The lowest BCUT2D eigenvalue weighted by molar-refractivity contribution is 0.0342. The molecule has 2 aromatic carbocycles. The van der Waals surface area contributed by atoms with Crippen LogP contribution in [0.4, 0.5) is 4.39 Å². The van der Waals surface area contributed by atoms with E-state index in [1.165, 1.54) is 12.1 Å². The maximum atomic E-state index is 13.6. The molecule has 0 amide bonds. The number of ketones is 1. The lowest BCUT2D eigenvalue weighted by atomic mass is 9.94. The summed E-state index contributed by atoms with van der Waals surface area (Å²) in [6, 6.07) is 13.8. The van der Waals surface area contributed by atoms with Crippen molar-refractivity contribution in [2.24, 2.45) is 7.05 Å². The Bertz CT molecular complexity index is 1350. The van der Waals surface area contributed by atoms with Gasteiger partial charge in [0, 0.05) is 57.3 Å². The topological polar surface area (TPSA) is 69.5 Å². The normalized spacial score (nSPS) is 14.0. The molecule has 0 atom stereocenters. The van der Waals surface area contributed by atoms with Gasteiger partial charge in [-0.05, 0) is 52.6 Å². The average molecular weight is 501 g/mol. The van der Waals surface area contributed by atoms with Gasteiger partial charge in [-0.15, -0.1) is 0 Å². The summed E-state index contributed by atoms with van der Waals surface area (Å²) in [6.07, 6.45) is 7.38. The third-order valence-corrected chi connectivity index (χ3v) is 6.41. The van der Waals surface area contributed by atoms with E-state index in [-0.39, 0.29) is 24.6 Å². The van der Waals surface area contributed by atoms with E-state index in [9.17, 15) is 9.18 Å². The van der Waals surface area contributed by atoms with E-state index in [0.29, 0.717) is 31.1 Å². The summed E-state index contributed by atoms with van der Waals surface area (Å²) < 4.78 is 26.9. The molecule has 0 saturated carbocycles. The highest BCUT2D eigenvalue weighted by molar-refractivity contribution is 6.01. The molecular weight excluding hydrogens is 471 g/mol. The van der Waals surface area contributed by atoms with Crippen molar-refractivity contribution >= 4 is 5.78 Å². The van der Waals surface area contributed by atoms with Crippen LogP contribution in [0.1, 0.15) is 27.0 Å². The van der Waals surface area contributed by atoms with Crippen molar-refractivity contribution < 1.29 is 18.7 Å². The number of halogens is 1. The first-order valence-corrected chi connectivity index (χ1v) is 12.3. The molecule has 0 spiro atoms. The zero-order chi connectivity index (χ0) is 25.6. The van der Waals surface area contributed by atoms with Crippen LogP contribution in [0.2, 0.25) is 0 Å². The fourth-order valence-corrected chi connectivity index (χ4v) is 4.45. The van der Waals surface area contributed by atoms with E-state index in [1.54, 1.807) is 29.2 Å². The van der Waals surface area contributed by atoms with Crippen LogP contribution in [0, 0.1) is 5.82 Å². The summed E-state index contributed by atoms with van der Waals surface area (Å²) in [7, 11) is 1.88. The molecule has 0 radical (unpaired) electrons. The zero-order valence-corrected chi connectivity index (χ0v) is 20.8. The number of aryl methyl sites for hydroxylation is 1. The second-order valence-electron chi connectivity index (χ2n) is 9.17. The Morgan fingerprint density at radius 3 is 2.59 bits per heavy atom. The summed E-state index contributed by atoms with van der Waals surface area (Å²) in [6.45, 7) is 3.92. The molecule has 1 fully saturated rings. The number of benzene rings is 2. The summed E-state index contributed by atoms with van der Waals surface area (Å²) >= 11 is 0. The number of Topliss-reactive ketones (excluding diaryl/α,β-unsaturated/α-hetero) is 1. The molecule has 0 N–H and O–H groups in total. The highest BCUT2D eigenvalue weighted by atomic mass is 19.1. The zero-order valence-electron chi connectivity index (χ0n) is 20.8. The quantitative estimate of drug-likeness (QED) is 0.316. The van der Waals surface area contributed by atoms with Crippen LogP contribution in [-0.2, 0) is 31.4 Å². The van der Waals surface area contributed by atoms with Gasteiger partial charge in [-0.1, -0.05) is 18.2 Å². The Labute approximate surface area is 215 Å². The van der Waals surface area contributed by atoms with Crippen molar-refractivity contribution in [3.63, 3.8) is 0 Å². The van der Waals surface area contributed by atoms with Gasteiger partial charge in [-0.2, -0.15) is 5.10 Å². The van der Waals surface area contributed by atoms with E-state index < -0.39 is 0 Å². The van der Waals surface area contributed by atoms with Crippen molar-refractivity contribution in [3.05, 3.63) is 101 Å². The van der Waals surface area contributed by atoms with E-state index in [2.05, 4.69) is 15.0 Å². The van der Waals surface area contributed by atoms with Crippen LogP contribution in [0.5, 0.6) is 5.75 Å². The van der Waals surface area contributed by atoms with Crippen molar-refractivity contribution in [2.75, 3.05) is 26.3 Å². The van der Waals surface area contributed by atoms with Crippen molar-refractivity contribution in [3.8, 4) is 16.9 Å². The first kappa shape index (κ1) is 24.8. The number of carbonyl (C=O) groups is 1. The SMILES string of the molecule is Cn1cc(-c2cc(OCc3ccc(F)cc3)c(C(=O)Cc3cccnc3)cc2CN2CCOCC2)cn1. The van der Waals surface area contributed by atoms with Gasteiger partial charge in [0.25, 0.3) is 0 Å². The van der Waals surface area contributed by atoms with Crippen LogP contribution in [0.15, 0.2) is 73.3 Å². The molecule has 2 aromatic heterocycles. The van der Waals surface area contributed by atoms with Gasteiger partial charge < -0.3 is 9.47 Å². The van der Waals surface area contributed by atoms with Crippen molar-refractivity contribution in [1.82, 2.24) is 19.7 Å². The van der Waals surface area contributed by atoms with Crippen LogP contribution in [0.25, 0.3) is 11.1 Å². The number of hydrogen-bond donors (Lipinski definition) is 0. The smallest absolute Gasteiger partial charge is 0.171 e. The maximum absolute atomic E-state index is 13.6. The van der Waals surface area contributed by atoms with Gasteiger partial charge >= 0.3 is 0 Å². The highest BCUT2D eigenvalue weighted by Crippen LogP contribution is 2.33. The number of morpholine rings is 1. The maximum Gasteiger partial charge on any atom is 0.171 e. The number of nitrogens with zero attached hydrogens (tertiary/aromatic N) is 4. The van der Waals surface area contributed by atoms with Crippen molar-refractivity contribution in [2.45, 2.75) is 19.6 Å². The molecule has 0 aliphatic carbocycles. The van der Waals surface area contributed by atoms with Gasteiger partial charge in [-0.3, -0.25) is 19.4 Å². The third kappa shape index (κ3) is 6.28. The van der Waals surface area contributed by atoms with E-state index in [1.807, 2.05) is 43.7 Å². The van der Waals surface area contributed by atoms with Crippen LogP contribution in [-0.4, -0.2) is 51.8 Å². The minimum absolute atomic E-state index is 0.0527. The number of pyridine rings is 1. The second kappa shape index (κ2) is 11.5. The van der Waals surface area contributed by atoms with E-state index >= 15 is 0 Å². The molecular formula is C29H29FN4O3. The lowest BCUT2D eigenvalue weighted by Crippen LogP contribution is -2.35. The molecule has 4 aromatic rings. The summed E-state index contributed by atoms with van der Waals surface area (Å²) in [5.41, 5.74) is 5.10. The minimum atomic E-state index is -0.303. The Morgan fingerprint density at radius 2 is 1.89 bits per heavy atom. The summed E-state index contributed by atoms with van der Waals surface area (Å²) in [4.78, 5) is 20.1. The lowest BCUT2D eigenvalue weighted by Gasteiger charge is -2.28. The minimum Gasteiger partial charge on any atom is -0.488 e. The Kier molecular flexibility index (Phi) is 7.67.